The molecule has 0 saturated heterocycles. The maximum Gasteiger partial charge on any atom is 0.345 e. The van der Waals surface area contributed by atoms with Crippen molar-refractivity contribution in [3.8, 4) is 5.75 Å². The maximum absolute atomic E-state index is 13.2. The van der Waals surface area contributed by atoms with Crippen LogP contribution in [0.2, 0.25) is 5.02 Å². The molecule has 0 spiro atoms. The zero-order valence-corrected chi connectivity index (χ0v) is 14.0. The normalized spacial score (nSPS) is 11.4. The number of hydrogen-bond donors (Lipinski definition) is 2. The van der Waals surface area contributed by atoms with E-state index >= 15 is 0 Å². The summed E-state index contributed by atoms with van der Waals surface area (Å²) in [5.74, 6) is -3.78. The highest BCUT2D eigenvalue weighted by Gasteiger charge is 2.17. The Hall–Kier alpha value is -3.60. The second-order valence-electron chi connectivity index (χ2n) is 4.80. The molecule has 0 heterocycles. The first-order chi connectivity index (χ1) is 12.8. The summed E-state index contributed by atoms with van der Waals surface area (Å²) in [4.78, 5) is 22.1. The zero-order valence-electron chi connectivity index (χ0n) is 13.2. The van der Waals surface area contributed by atoms with E-state index in [2.05, 4.69) is 15.6 Å². The van der Waals surface area contributed by atoms with E-state index in [1.54, 1.807) is 0 Å². The van der Waals surface area contributed by atoms with Crippen LogP contribution in [0.25, 0.3) is 0 Å². The Labute approximate surface area is 155 Å². The van der Waals surface area contributed by atoms with Gasteiger partial charge in [0, 0.05) is 0 Å². The maximum atomic E-state index is 13.2. The van der Waals surface area contributed by atoms with E-state index < -0.39 is 28.6 Å². The fraction of sp³-hybridized carbons (Fsp3) is 0. The van der Waals surface area contributed by atoms with Crippen LogP contribution in [0.3, 0.4) is 0 Å². The predicted octanol–water partition coefficient (Wildman–Crippen LogP) is 2.27. The number of nitrogens with two attached hydrogens (primary N) is 1. The van der Waals surface area contributed by atoms with Gasteiger partial charge in [0.2, 0.25) is 0 Å². The molecule has 0 saturated carbocycles. The number of hydrazone groups is 2. The van der Waals surface area contributed by atoms with Gasteiger partial charge < -0.3 is 10.5 Å². The predicted molar refractivity (Wildman–Crippen MR) is 92.1 cm³/mol. The molecule has 2 aromatic carbocycles. The van der Waals surface area contributed by atoms with E-state index in [9.17, 15) is 23.7 Å². The molecule has 27 heavy (non-hydrogen) atoms. The van der Waals surface area contributed by atoms with Crippen molar-refractivity contribution in [3.63, 3.8) is 0 Å². The molecule has 0 bridgehead atoms. The monoisotopic (exact) mass is 397 g/mol. The van der Waals surface area contributed by atoms with Crippen LogP contribution in [-0.2, 0) is 0 Å². The molecule has 0 radical (unpaired) electrons. The van der Waals surface area contributed by atoms with E-state index in [-0.39, 0.29) is 16.3 Å². The third-order valence-electron chi connectivity index (χ3n) is 2.90. The third kappa shape index (κ3) is 5.71. The smallest absolute Gasteiger partial charge is 0.345 e. The summed E-state index contributed by atoms with van der Waals surface area (Å²) < 4.78 is 31.3. The topological polar surface area (TPSA) is 132 Å². The van der Waals surface area contributed by atoms with Crippen LogP contribution in [0.4, 0.5) is 8.78 Å². The lowest BCUT2D eigenvalue weighted by Crippen LogP contribution is -2.28. The van der Waals surface area contributed by atoms with Crippen LogP contribution in [0.5, 0.6) is 5.75 Å². The van der Waals surface area contributed by atoms with Crippen LogP contribution in [-0.4, -0.2) is 23.2 Å². The minimum absolute atomic E-state index is 0.111. The number of nitrogens with zero attached hydrogens (tertiary/aromatic N) is 3. The lowest BCUT2D eigenvalue weighted by atomic mass is 10.2. The number of carbonyl (C=O) groups is 1. The molecule has 9 nitrogen and oxygen atoms in total. The molecule has 0 atom stereocenters. The van der Waals surface area contributed by atoms with Crippen LogP contribution in [0.1, 0.15) is 15.9 Å². The number of halogens is 3. The standard InChI is InChI=1S/C15H10ClF2N5O4/c16-11-6-13(18)12(17)5-10(11)14(24)27-9-3-1-8(2-4-9)7-20-21-15(19)22-23(25)26/h1-7H,(H3,19,21,22). The molecule has 3 N–H and O–H groups in total. The number of nitrogens with one attached hydrogen (secondary N) is 1. The fourth-order valence-corrected chi connectivity index (χ4v) is 1.97. The highest BCUT2D eigenvalue weighted by molar-refractivity contribution is 6.33. The molecule has 140 valence electrons. The quantitative estimate of drug-likeness (QED) is 0.151. The number of benzene rings is 2. The Morgan fingerprint density at radius 1 is 1.26 bits per heavy atom. The van der Waals surface area contributed by atoms with Crippen LogP contribution >= 0.6 is 11.6 Å². The molecule has 0 amide bonds. The molecule has 0 aliphatic heterocycles. The minimum atomic E-state index is -1.23. The highest BCUT2D eigenvalue weighted by Crippen LogP contribution is 2.22. The first-order valence-corrected chi connectivity index (χ1v) is 7.38. The van der Waals surface area contributed by atoms with Crippen molar-refractivity contribution in [1.29, 1.82) is 0 Å². The van der Waals surface area contributed by atoms with Crippen molar-refractivity contribution in [3.05, 3.63) is 74.3 Å². The summed E-state index contributed by atoms with van der Waals surface area (Å²) >= 11 is 5.71. The van der Waals surface area contributed by atoms with Crippen molar-refractivity contribution < 1.29 is 23.3 Å². The first kappa shape index (κ1) is 19.7. The molecule has 0 aliphatic rings. The summed E-state index contributed by atoms with van der Waals surface area (Å²) in [5, 5.41) is 15.2. The molecular weight excluding hydrogens is 388 g/mol. The molecule has 0 aromatic heterocycles. The summed E-state index contributed by atoms with van der Waals surface area (Å²) in [7, 11) is 0. The van der Waals surface area contributed by atoms with E-state index in [4.69, 9.17) is 22.1 Å². The van der Waals surface area contributed by atoms with E-state index in [0.717, 1.165) is 0 Å². The molecule has 0 unspecified atom stereocenters. The highest BCUT2D eigenvalue weighted by atomic mass is 35.5. The number of rotatable bonds is 5. The Morgan fingerprint density at radius 3 is 2.52 bits per heavy atom. The summed E-state index contributed by atoms with van der Waals surface area (Å²) in [6, 6.07) is 7.13. The number of nitro groups is 1. The Morgan fingerprint density at radius 2 is 1.89 bits per heavy atom. The summed E-state index contributed by atoms with van der Waals surface area (Å²) in [6.45, 7) is 0. The molecule has 2 rings (SSSR count). The lowest BCUT2D eigenvalue weighted by molar-refractivity contribution is -0.485. The fourth-order valence-electron chi connectivity index (χ4n) is 1.75. The van der Waals surface area contributed by atoms with Crippen molar-refractivity contribution >= 4 is 29.7 Å². The third-order valence-corrected chi connectivity index (χ3v) is 3.22. The van der Waals surface area contributed by atoms with Crippen molar-refractivity contribution in [2.24, 2.45) is 15.9 Å². The molecule has 0 fully saturated rings. The summed E-state index contributed by atoms with van der Waals surface area (Å²) in [5.41, 5.74) is 7.51. The van der Waals surface area contributed by atoms with Gasteiger partial charge in [-0.1, -0.05) is 11.6 Å². The van der Waals surface area contributed by atoms with Gasteiger partial charge in [-0.25, -0.2) is 29.1 Å². The Kier molecular flexibility index (Phi) is 6.33. The zero-order chi connectivity index (χ0) is 20.0. The van der Waals surface area contributed by atoms with Gasteiger partial charge in [-0.3, -0.25) is 0 Å². The number of ether oxygens (including phenoxy) is 1. The second kappa shape index (κ2) is 8.67. The molecular formula is C15H10ClF2N5O4. The van der Waals surface area contributed by atoms with Crippen molar-refractivity contribution in [1.82, 2.24) is 5.43 Å². The lowest BCUT2D eigenvalue weighted by Gasteiger charge is -2.06. The molecule has 0 aliphatic carbocycles. The number of guanidine groups is 1. The van der Waals surface area contributed by atoms with Gasteiger partial charge in [0.25, 0.3) is 5.96 Å². The van der Waals surface area contributed by atoms with Gasteiger partial charge in [0.15, 0.2) is 16.7 Å². The van der Waals surface area contributed by atoms with Gasteiger partial charge in [-0.2, -0.15) is 5.10 Å². The van der Waals surface area contributed by atoms with Gasteiger partial charge in [0.05, 0.1) is 16.8 Å². The van der Waals surface area contributed by atoms with Gasteiger partial charge >= 0.3 is 5.97 Å². The minimum Gasteiger partial charge on any atom is -0.423 e. The summed E-state index contributed by atoms with van der Waals surface area (Å²) in [6.07, 6.45) is 1.28. The van der Waals surface area contributed by atoms with E-state index in [1.165, 1.54) is 30.5 Å². The van der Waals surface area contributed by atoms with Gasteiger partial charge in [-0.05, 0) is 42.0 Å². The first-order valence-electron chi connectivity index (χ1n) is 7.00. The van der Waals surface area contributed by atoms with Crippen LogP contribution in [0.15, 0.2) is 46.6 Å². The SMILES string of the molecule is NC(=N[N+](=O)[O-])NN=Cc1ccc(OC(=O)c2cc(F)c(F)cc2Cl)cc1. The van der Waals surface area contributed by atoms with Gasteiger partial charge in [0.1, 0.15) is 10.9 Å². The second-order valence-corrected chi connectivity index (χ2v) is 5.20. The van der Waals surface area contributed by atoms with Crippen molar-refractivity contribution in [2.75, 3.05) is 0 Å². The molecule has 12 heteroatoms. The van der Waals surface area contributed by atoms with Crippen LogP contribution < -0.4 is 15.9 Å². The van der Waals surface area contributed by atoms with Crippen molar-refractivity contribution in [2.45, 2.75) is 0 Å². The number of carbonyl (C=O) groups excluding carboxylic acids is 1. The molecule has 2 aromatic rings. The number of esters is 1. The Balaban J connectivity index is 2.02. The Bertz CT molecular complexity index is 935. The van der Waals surface area contributed by atoms with E-state index in [1.807, 2.05) is 0 Å². The van der Waals surface area contributed by atoms with E-state index in [0.29, 0.717) is 17.7 Å². The van der Waals surface area contributed by atoms with Crippen LogP contribution in [0, 0.1) is 21.7 Å². The average molecular weight is 398 g/mol. The average Bonchev–Trinajstić information content (AvgIpc) is 2.59. The largest absolute Gasteiger partial charge is 0.423 e. The number of hydrogen-bond acceptors (Lipinski definition) is 5. The van der Waals surface area contributed by atoms with Gasteiger partial charge in [-0.15, -0.1) is 0 Å².